The number of aromatic nitrogens is 2. The molecule has 0 fully saturated rings. The zero-order valence-electron chi connectivity index (χ0n) is 27.9. The number of hydrogen-bond acceptors (Lipinski definition) is 11. The van der Waals surface area contributed by atoms with Gasteiger partial charge < -0.3 is 37.1 Å². The molecular weight excluding hydrogens is 586 g/mol. The van der Waals surface area contributed by atoms with Crippen LogP contribution in [0.1, 0.15) is 124 Å². The van der Waals surface area contributed by atoms with E-state index in [1.54, 1.807) is 0 Å². The molecule has 2 aliphatic carbocycles. The van der Waals surface area contributed by atoms with Crippen molar-refractivity contribution in [1.29, 1.82) is 5.26 Å². The van der Waals surface area contributed by atoms with Crippen LogP contribution in [0.3, 0.4) is 0 Å². The summed E-state index contributed by atoms with van der Waals surface area (Å²) in [4.78, 5) is 11.0. The molecule has 0 aliphatic heterocycles. The van der Waals surface area contributed by atoms with E-state index in [0.29, 0.717) is 59.9 Å². The fourth-order valence-electron chi connectivity index (χ4n) is 6.43. The van der Waals surface area contributed by atoms with E-state index in [2.05, 4.69) is 30.6 Å². The van der Waals surface area contributed by atoms with Crippen molar-refractivity contribution in [3.63, 3.8) is 0 Å². The highest BCUT2D eigenvalue weighted by Gasteiger charge is 2.35. The lowest BCUT2D eigenvalue weighted by Crippen LogP contribution is -2.25. The highest BCUT2D eigenvalue weighted by atomic mass is 32.1. The van der Waals surface area contributed by atoms with Gasteiger partial charge in [0, 0.05) is 35.4 Å². The van der Waals surface area contributed by atoms with Gasteiger partial charge in [-0.25, -0.2) is 4.98 Å². The number of fused-ring (bicyclic) bond motifs is 2. The number of nitrogen functional groups attached to an aromatic ring is 1. The van der Waals surface area contributed by atoms with Gasteiger partial charge in [-0.05, 0) is 82.0 Å². The average molecular weight is 642 g/mol. The van der Waals surface area contributed by atoms with Crippen LogP contribution in [0.2, 0.25) is 0 Å². The highest BCUT2D eigenvalue weighted by Crippen LogP contribution is 2.46. The first-order valence-electron chi connectivity index (χ1n) is 16.8. The molecule has 3 unspecified atom stereocenters. The molecule has 250 valence electrons. The van der Waals surface area contributed by atoms with Crippen molar-refractivity contribution in [2.24, 2.45) is 11.7 Å². The normalized spacial score (nSPS) is 19.0. The van der Waals surface area contributed by atoms with Gasteiger partial charge in [-0.15, -0.1) is 11.3 Å². The molecule has 0 bridgehead atoms. The van der Waals surface area contributed by atoms with Crippen molar-refractivity contribution in [2.75, 3.05) is 45.6 Å². The van der Waals surface area contributed by atoms with Crippen LogP contribution < -0.4 is 26.8 Å². The molecule has 45 heavy (non-hydrogen) atoms. The standard InChI is InChI=1S/C32H49N7O3S.C2H6/c1-4-7-22(29(41)21-9-5-10-25-26(21)24(16-33)30(35)43-25)27(34)31-38-28-20(17-37-14-15-40)11-12-23(28)32(39-31)42-18-19(2)8-6-13-36-3;1-2/h19-21,27,36-37,40-41H,4-15,17-18,34-35H2,1-3H3;1-2H3/b29-22-;/t19?,20-,21?,27?;/m1./s1. The molecule has 10 nitrogen and oxygen atoms in total. The van der Waals surface area contributed by atoms with E-state index in [1.165, 1.54) is 11.3 Å². The van der Waals surface area contributed by atoms with E-state index >= 15 is 0 Å². The van der Waals surface area contributed by atoms with Gasteiger partial charge in [-0.1, -0.05) is 34.1 Å². The summed E-state index contributed by atoms with van der Waals surface area (Å²) in [7, 11) is 1.96. The SMILES string of the molecule is CC.CCC/C(=C(/O)C1CCCc2sc(N)c(C#N)c21)C(N)c1nc(OCC(C)CCCNC)c2c(n1)[C@@H](CNCCO)CC2. The van der Waals surface area contributed by atoms with Gasteiger partial charge in [-0.3, -0.25) is 0 Å². The van der Waals surface area contributed by atoms with Crippen molar-refractivity contribution >= 4 is 16.3 Å². The Morgan fingerprint density at radius 1 is 1.22 bits per heavy atom. The lowest BCUT2D eigenvalue weighted by atomic mass is 9.81. The molecule has 8 N–H and O–H groups in total. The number of hydrogen-bond donors (Lipinski definition) is 6. The van der Waals surface area contributed by atoms with Gasteiger partial charge in [-0.2, -0.15) is 10.2 Å². The molecule has 2 aromatic rings. The van der Waals surface area contributed by atoms with E-state index < -0.39 is 6.04 Å². The molecular formula is C34H55N7O3S. The van der Waals surface area contributed by atoms with Gasteiger partial charge >= 0.3 is 0 Å². The van der Waals surface area contributed by atoms with Crippen molar-refractivity contribution in [3.8, 4) is 11.9 Å². The Morgan fingerprint density at radius 2 is 2.00 bits per heavy atom. The second kappa shape index (κ2) is 18.4. The number of aliphatic hydroxyl groups excluding tert-OH is 2. The monoisotopic (exact) mass is 641 g/mol. The third-order valence-corrected chi connectivity index (χ3v) is 9.79. The molecule has 2 aromatic heterocycles. The predicted molar refractivity (Wildman–Crippen MR) is 183 cm³/mol. The number of ether oxygens (including phenoxy) is 1. The summed E-state index contributed by atoms with van der Waals surface area (Å²) in [6.45, 7) is 11.1. The molecule has 0 spiro atoms. The summed E-state index contributed by atoms with van der Waals surface area (Å²) in [6, 6.07) is 1.55. The first-order valence-corrected chi connectivity index (χ1v) is 17.6. The van der Waals surface area contributed by atoms with Gasteiger partial charge in [0.15, 0.2) is 5.82 Å². The topological polar surface area (TPSA) is 175 Å². The number of anilines is 1. The molecule has 0 radical (unpaired) electrons. The second-order valence-corrected chi connectivity index (χ2v) is 13.1. The summed E-state index contributed by atoms with van der Waals surface area (Å²) in [5, 5.41) is 38.0. The van der Waals surface area contributed by atoms with Crippen LogP contribution in [0, 0.1) is 17.2 Å². The maximum atomic E-state index is 11.8. The fraction of sp³-hybridized carbons (Fsp3) is 0.676. The Bertz CT molecular complexity index is 1310. The molecule has 0 aromatic carbocycles. The summed E-state index contributed by atoms with van der Waals surface area (Å²) >= 11 is 1.45. The highest BCUT2D eigenvalue weighted by molar-refractivity contribution is 7.16. The number of thiophene rings is 1. The van der Waals surface area contributed by atoms with Crippen LogP contribution in [-0.4, -0.2) is 60.1 Å². The van der Waals surface area contributed by atoms with E-state index in [0.717, 1.165) is 79.6 Å². The zero-order chi connectivity index (χ0) is 32.9. The first-order chi connectivity index (χ1) is 21.8. The predicted octanol–water partition coefficient (Wildman–Crippen LogP) is 5.38. The first kappa shape index (κ1) is 36.7. The Morgan fingerprint density at radius 3 is 2.69 bits per heavy atom. The largest absolute Gasteiger partial charge is 0.512 e. The van der Waals surface area contributed by atoms with Crippen LogP contribution in [-0.2, 0) is 12.8 Å². The number of rotatable bonds is 16. The van der Waals surface area contributed by atoms with Crippen LogP contribution in [0.5, 0.6) is 5.88 Å². The van der Waals surface area contributed by atoms with Crippen molar-refractivity contribution in [3.05, 3.63) is 44.4 Å². The van der Waals surface area contributed by atoms with Crippen LogP contribution in [0.15, 0.2) is 11.3 Å². The van der Waals surface area contributed by atoms with E-state index in [9.17, 15) is 15.5 Å². The molecule has 2 aliphatic rings. The smallest absolute Gasteiger partial charge is 0.220 e. The quantitative estimate of drug-likeness (QED) is 0.103. The Kier molecular flexibility index (Phi) is 15.0. The molecule has 2 heterocycles. The number of aliphatic hydroxyl groups is 2. The van der Waals surface area contributed by atoms with Crippen molar-refractivity contribution in [1.82, 2.24) is 20.6 Å². The Hall–Kier alpha value is -2.75. The molecule has 11 heteroatoms. The third-order valence-electron chi connectivity index (χ3n) is 8.69. The lowest BCUT2D eigenvalue weighted by Gasteiger charge is -2.27. The minimum atomic E-state index is -0.723. The minimum Gasteiger partial charge on any atom is -0.512 e. The summed E-state index contributed by atoms with van der Waals surface area (Å²) in [5.41, 5.74) is 17.2. The molecule has 0 saturated carbocycles. The maximum Gasteiger partial charge on any atom is 0.220 e. The number of nitrogens with zero attached hydrogens (tertiary/aromatic N) is 3. The fourth-order valence-corrected chi connectivity index (χ4v) is 7.55. The Balaban J connectivity index is 0.00000271. The Labute approximate surface area is 273 Å². The molecule has 4 rings (SSSR count). The average Bonchev–Trinajstić information content (AvgIpc) is 3.62. The number of allylic oxidation sites excluding steroid dienone is 1. The maximum absolute atomic E-state index is 11.8. The molecule has 0 amide bonds. The number of nitrogens with two attached hydrogens (primary N) is 2. The second-order valence-electron chi connectivity index (χ2n) is 11.9. The molecule has 4 atom stereocenters. The van der Waals surface area contributed by atoms with Gasteiger partial charge in [0.05, 0.1) is 30.5 Å². The lowest BCUT2D eigenvalue weighted by molar-refractivity contribution is 0.238. The summed E-state index contributed by atoms with van der Waals surface area (Å²) in [6.07, 6.45) is 7.73. The van der Waals surface area contributed by atoms with Gasteiger partial charge in [0.2, 0.25) is 5.88 Å². The summed E-state index contributed by atoms with van der Waals surface area (Å²) < 4.78 is 6.39. The van der Waals surface area contributed by atoms with E-state index in [4.69, 9.17) is 26.2 Å². The molecule has 0 saturated heterocycles. The van der Waals surface area contributed by atoms with E-state index in [1.807, 2.05) is 20.9 Å². The van der Waals surface area contributed by atoms with Gasteiger partial charge in [0.25, 0.3) is 0 Å². The van der Waals surface area contributed by atoms with Crippen LogP contribution in [0.4, 0.5) is 5.00 Å². The van der Waals surface area contributed by atoms with Crippen molar-refractivity contribution < 1.29 is 14.9 Å². The van der Waals surface area contributed by atoms with Gasteiger partial charge in [0.1, 0.15) is 16.8 Å². The summed E-state index contributed by atoms with van der Waals surface area (Å²) in [5.74, 6) is 1.46. The number of nitrogens with one attached hydrogen (secondary N) is 2. The zero-order valence-corrected chi connectivity index (χ0v) is 28.7. The third kappa shape index (κ3) is 8.95. The van der Waals surface area contributed by atoms with Crippen molar-refractivity contribution in [2.45, 2.75) is 103 Å². The van der Waals surface area contributed by atoms with Crippen LogP contribution in [0.25, 0.3) is 0 Å². The number of nitriles is 1. The van der Waals surface area contributed by atoms with E-state index in [-0.39, 0.29) is 24.2 Å². The number of aryl methyl sites for hydroxylation is 1. The van der Waals surface area contributed by atoms with Crippen LogP contribution >= 0.6 is 11.3 Å². The minimum absolute atomic E-state index is 0.0793.